The van der Waals surface area contributed by atoms with E-state index in [1.54, 1.807) is 0 Å². The Balaban J connectivity index is 1.58. The van der Waals surface area contributed by atoms with Gasteiger partial charge in [-0.1, -0.05) is 18.0 Å². The molecule has 0 amide bonds. The molecule has 1 aliphatic carbocycles. The predicted octanol–water partition coefficient (Wildman–Crippen LogP) is 1.46. The first-order valence-corrected chi connectivity index (χ1v) is 6.92. The molecule has 1 aromatic rings. The van der Waals surface area contributed by atoms with Crippen molar-refractivity contribution in [3.8, 4) is 0 Å². The van der Waals surface area contributed by atoms with E-state index in [0.717, 1.165) is 51.1 Å². The summed E-state index contributed by atoms with van der Waals surface area (Å²) >= 11 is 0. The van der Waals surface area contributed by atoms with E-state index in [0.29, 0.717) is 11.8 Å². The number of aromatic nitrogens is 2. The zero-order chi connectivity index (χ0) is 12.4. The summed E-state index contributed by atoms with van der Waals surface area (Å²) in [6.45, 7) is 1.69. The van der Waals surface area contributed by atoms with E-state index < -0.39 is 0 Å². The van der Waals surface area contributed by atoms with Crippen LogP contribution in [0.15, 0.2) is 4.52 Å². The maximum atomic E-state index is 6.32. The number of nitrogens with zero attached hydrogens (tertiary/aromatic N) is 2. The molecule has 1 aliphatic heterocycles. The molecule has 5 nitrogen and oxygen atoms in total. The van der Waals surface area contributed by atoms with Crippen molar-refractivity contribution in [2.75, 3.05) is 13.2 Å². The minimum Gasteiger partial charge on any atom is -0.381 e. The zero-order valence-electron chi connectivity index (χ0n) is 10.7. The van der Waals surface area contributed by atoms with Crippen molar-refractivity contribution in [2.45, 2.75) is 50.5 Å². The molecule has 0 radical (unpaired) electrons. The minimum atomic E-state index is -0.111. The number of hydrogen-bond donors (Lipinski definition) is 1. The van der Waals surface area contributed by atoms with Crippen LogP contribution in [0, 0.1) is 5.92 Å². The summed E-state index contributed by atoms with van der Waals surface area (Å²) in [5.74, 6) is 2.06. The summed E-state index contributed by atoms with van der Waals surface area (Å²) in [6, 6.07) is 0. The lowest BCUT2D eigenvalue weighted by Gasteiger charge is -2.20. The Hall–Kier alpha value is -0.940. The van der Waals surface area contributed by atoms with Gasteiger partial charge in [-0.3, -0.25) is 0 Å². The fourth-order valence-electron chi connectivity index (χ4n) is 3.00. The normalized spacial score (nSPS) is 26.8. The van der Waals surface area contributed by atoms with E-state index in [1.807, 2.05) is 0 Å². The van der Waals surface area contributed by atoms with Crippen LogP contribution in [0.3, 0.4) is 0 Å². The van der Waals surface area contributed by atoms with Crippen LogP contribution < -0.4 is 5.73 Å². The Bertz CT molecular complexity index is 393. The second kappa shape index (κ2) is 4.97. The molecule has 3 rings (SSSR count). The van der Waals surface area contributed by atoms with Crippen LogP contribution in [0.4, 0.5) is 0 Å². The van der Waals surface area contributed by atoms with Gasteiger partial charge < -0.3 is 15.0 Å². The van der Waals surface area contributed by atoms with E-state index in [9.17, 15) is 0 Å². The highest BCUT2D eigenvalue weighted by Gasteiger charge is 2.31. The summed E-state index contributed by atoms with van der Waals surface area (Å²) in [5.41, 5.74) is 6.21. The fourth-order valence-corrected chi connectivity index (χ4v) is 3.00. The van der Waals surface area contributed by atoms with Crippen LogP contribution in [0.1, 0.15) is 43.8 Å². The van der Waals surface area contributed by atoms with Crippen LogP contribution in [0.25, 0.3) is 0 Å². The van der Waals surface area contributed by atoms with E-state index in [4.69, 9.17) is 15.0 Å². The third-order valence-electron chi connectivity index (χ3n) is 4.11. The minimum absolute atomic E-state index is 0.111. The molecule has 2 aliphatic rings. The summed E-state index contributed by atoms with van der Waals surface area (Å²) in [7, 11) is 0. The Morgan fingerprint density at radius 3 is 2.89 bits per heavy atom. The standard InChI is InChI=1S/C13H21N3O2/c14-13(4-1-2-5-13)8-12-15-11(16-18-12)7-10-3-6-17-9-10/h10H,1-9,14H2. The first-order chi connectivity index (χ1) is 8.73. The van der Waals surface area contributed by atoms with Crippen LogP contribution in [0.5, 0.6) is 0 Å². The Morgan fingerprint density at radius 2 is 2.17 bits per heavy atom. The van der Waals surface area contributed by atoms with Crippen molar-refractivity contribution in [2.24, 2.45) is 11.7 Å². The molecule has 1 aromatic heterocycles. The summed E-state index contributed by atoms with van der Waals surface area (Å²) in [6.07, 6.45) is 7.27. The first kappa shape index (κ1) is 12.1. The maximum Gasteiger partial charge on any atom is 0.228 e. The third-order valence-corrected chi connectivity index (χ3v) is 4.11. The van der Waals surface area contributed by atoms with Gasteiger partial charge in [0.25, 0.3) is 0 Å². The van der Waals surface area contributed by atoms with E-state index in [1.165, 1.54) is 12.8 Å². The molecular formula is C13H21N3O2. The predicted molar refractivity (Wildman–Crippen MR) is 66.0 cm³/mol. The summed E-state index contributed by atoms with van der Waals surface area (Å²) in [4.78, 5) is 4.47. The second-order valence-corrected chi connectivity index (χ2v) is 5.78. The molecule has 2 N–H and O–H groups in total. The highest BCUT2D eigenvalue weighted by molar-refractivity contribution is 4.99. The number of ether oxygens (including phenoxy) is 1. The monoisotopic (exact) mass is 251 g/mol. The third kappa shape index (κ3) is 2.72. The van der Waals surface area contributed by atoms with Crippen LogP contribution in [-0.2, 0) is 17.6 Å². The van der Waals surface area contributed by atoms with Crippen molar-refractivity contribution in [3.63, 3.8) is 0 Å². The highest BCUT2D eigenvalue weighted by atomic mass is 16.5. The first-order valence-electron chi connectivity index (χ1n) is 6.92. The number of rotatable bonds is 4. The molecule has 2 fully saturated rings. The lowest BCUT2D eigenvalue weighted by Crippen LogP contribution is -2.38. The molecule has 18 heavy (non-hydrogen) atoms. The molecule has 1 saturated heterocycles. The quantitative estimate of drug-likeness (QED) is 0.877. The summed E-state index contributed by atoms with van der Waals surface area (Å²) in [5, 5.41) is 4.06. The molecule has 2 heterocycles. The lowest BCUT2D eigenvalue weighted by atomic mass is 9.95. The maximum absolute atomic E-state index is 6.32. The van der Waals surface area contributed by atoms with Gasteiger partial charge in [0.05, 0.1) is 0 Å². The number of hydrogen-bond acceptors (Lipinski definition) is 5. The van der Waals surface area contributed by atoms with E-state index in [-0.39, 0.29) is 5.54 Å². The lowest BCUT2D eigenvalue weighted by molar-refractivity contribution is 0.185. The van der Waals surface area contributed by atoms with Crippen molar-refractivity contribution in [1.82, 2.24) is 10.1 Å². The van der Waals surface area contributed by atoms with Gasteiger partial charge in [-0.15, -0.1) is 0 Å². The highest BCUT2D eigenvalue weighted by Crippen LogP contribution is 2.30. The van der Waals surface area contributed by atoms with Crippen LogP contribution in [-0.4, -0.2) is 28.9 Å². The Morgan fingerprint density at radius 1 is 1.33 bits per heavy atom. The Labute approximate surface area is 107 Å². The smallest absolute Gasteiger partial charge is 0.228 e. The molecule has 1 saturated carbocycles. The van der Waals surface area contributed by atoms with Gasteiger partial charge in [-0.2, -0.15) is 4.98 Å². The van der Waals surface area contributed by atoms with Gasteiger partial charge in [-0.25, -0.2) is 0 Å². The molecule has 0 aromatic carbocycles. The topological polar surface area (TPSA) is 74.2 Å². The SMILES string of the molecule is NC1(Cc2nc(CC3CCOC3)no2)CCCC1. The van der Waals surface area contributed by atoms with Crippen molar-refractivity contribution in [1.29, 1.82) is 0 Å². The van der Waals surface area contributed by atoms with Gasteiger partial charge in [0.15, 0.2) is 5.82 Å². The molecule has 0 bridgehead atoms. The molecule has 1 unspecified atom stereocenters. The molecular weight excluding hydrogens is 230 g/mol. The summed E-state index contributed by atoms with van der Waals surface area (Å²) < 4.78 is 10.7. The average molecular weight is 251 g/mol. The van der Waals surface area contributed by atoms with Crippen molar-refractivity contribution >= 4 is 0 Å². The second-order valence-electron chi connectivity index (χ2n) is 5.78. The van der Waals surface area contributed by atoms with Crippen LogP contribution in [0.2, 0.25) is 0 Å². The average Bonchev–Trinajstić information content (AvgIpc) is 3.03. The molecule has 1 atom stereocenters. The van der Waals surface area contributed by atoms with Gasteiger partial charge >= 0.3 is 0 Å². The van der Waals surface area contributed by atoms with E-state index >= 15 is 0 Å². The van der Waals surface area contributed by atoms with E-state index in [2.05, 4.69) is 10.1 Å². The van der Waals surface area contributed by atoms with Crippen molar-refractivity contribution in [3.05, 3.63) is 11.7 Å². The van der Waals surface area contributed by atoms with Gasteiger partial charge in [0, 0.05) is 31.6 Å². The molecule has 0 spiro atoms. The fraction of sp³-hybridized carbons (Fsp3) is 0.846. The van der Waals surface area contributed by atoms with Gasteiger partial charge in [-0.05, 0) is 25.2 Å². The Kier molecular flexibility index (Phi) is 3.35. The number of nitrogens with two attached hydrogens (primary N) is 1. The zero-order valence-corrected chi connectivity index (χ0v) is 10.7. The van der Waals surface area contributed by atoms with Crippen molar-refractivity contribution < 1.29 is 9.26 Å². The van der Waals surface area contributed by atoms with Crippen LogP contribution >= 0.6 is 0 Å². The largest absolute Gasteiger partial charge is 0.381 e. The van der Waals surface area contributed by atoms with Gasteiger partial charge in [0.2, 0.25) is 5.89 Å². The van der Waals surface area contributed by atoms with Gasteiger partial charge in [0.1, 0.15) is 0 Å². The molecule has 5 heteroatoms. The molecule has 100 valence electrons.